The van der Waals surface area contributed by atoms with Crippen LogP contribution in [0, 0.1) is 0 Å². The van der Waals surface area contributed by atoms with Gasteiger partial charge in [-0.1, -0.05) is 36.9 Å². The zero-order chi connectivity index (χ0) is 16.4. The standard InChI is InChI=1S/C18H15NO4/c1-2-11-23-15(20)9-10-19-17(21)13-7-3-5-12-6-4-8-14(16(12)13)18(19)22/h2-8H,1,9-11H2. The molecule has 0 N–H and O–H groups in total. The number of hydrogen-bond donors (Lipinski definition) is 0. The molecule has 0 radical (unpaired) electrons. The summed E-state index contributed by atoms with van der Waals surface area (Å²) in [5.74, 6) is -1.23. The Bertz CT molecular complexity index is 774. The SMILES string of the molecule is C=CCOC(=O)CCN1C(=O)c2cccc3cccc(c23)C1=O. The van der Waals surface area contributed by atoms with Crippen molar-refractivity contribution in [3.05, 3.63) is 60.2 Å². The first-order valence-electron chi connectivity index (χ1n) is 7.28. The predicted octanol–water partition coefficient (Wildman–Crippen LogP) is 2.56. The quantitative estimate of drug-likeness (QED) is 0.484. The number of carbonyl (C=O) groups excluding carboxylic acids is 3. The van der Waals surface area contributed by atoms with Crippen LogP contribution in [0.15, 0.2) is 49.1 Å². The topological polar surface area (TPSA) is 63.7 Å². The van der Waals surface area contributed by atoms with Gasteiger partial charge in [0.2, 0.25) is 0 Å². The number of ether oxygens (including phenoxy) is 1. The summed E-state index contributed by atoms with van der Waals surface area (Å²) in [6.45, 7) is 3.57. The van der Waals surface area contributed by atoms with E-state index in [0.29, 0.717) is 16.5 Å². The van der Waals surface area contributed by atoms with E-state index in [1.165, 1.54) is 6.08 Å². The first-order valence-corrected chi connectivity index (χ1v) is 7.28. The number of benzene rings is 2. The average Bonchev–Trinajstić information content (AvgIpc) is 2.57. The second-order valence-corrected chi connectivity index (χ2v) is 5.19. The van der Waals surface area contributed by atoms with Gasteiger partial charge in [0.1, 0.15) is 6.61 Å². The summed E-state index contributed by atoms with van der Waals surface area (Å²) in [5.41, 5.74) is 0.967. The van der Waals surface area contributed by atoms with Crippen LogP contribution in [0.5, 0.6) is 0 Å². The molecule has 0 bridgehead atoms. The smallest absolute Gasteiger partial charge is 0.307 e. The van der Waals surface area contributed by atoms with Gasteiger partial charge in [0, 0.05) is 23.1 Å². The van der Waals surface area contributed by atoms with E-state index in [0.717, 1.165) is 10.3 Å². The van der Waals surface area contributed by atoms with Crippen molar-refractivity contribution >= 4 is 28.6 Å². The second-order valence-electron chi connectivity index (χ2n) is 5.19. The van der Waals surface area contributed by atoms with Gasteiger partial charge in [-0.15, -0.1) is 0 Å². The summed E-state index contributed by atoms with van der Waals surface area (Å²) < 4.78 is 4.87. The van der Waals surface area contributed by atoms with Crippen LogP contribution in [-0.4, -0.2) is 35.8 Å². The highest BCUT2D eigenvalue weighted by Gasteiger charge is 2.32. The van der Waals surface area contributed by atoms with Crippen LogP contribution in [0.4, 0.5) is 0 Å². The minimum Gasteiger partial charge on any atom is -0.461 e. The van der Waals surface area contributed by atoms with E-state index in [-0.39, 0.29) is 31.4 Å². The number of esters is 1. The Morgan fingerprint density at radius 2 is 1.70 bits per heavy atom. The summed E-state index contributed by atoms with van der Waals surface area (Å²) in [5, 5.41) is 1.53. The molecule has 2 amide bonds. The van der Waals surface area contributed by atoms with Crippen molar-refractivity contribution in [2.45, 2.75) is 6.42 Å². The minimum atomic E-state index is -0.470. The number of rotatable bonds is 5. The van der Waals surface area contributed by atoms with Crippen molar-refractivity contribution in [2.24, 2.45) is 0 Å². The second kappa shape index (κ2) is 6.04. The van der Waals surface area contributed by atoms with Crippen LogP contribution in [0.1, 0.15) is 27.1 Å². The third-order valence-electron chi connectivity index (χ3n) is 3.76. The fourth-order valence-electron chi connectivity index (χ4n) is 2.71. The van der Waals surface area contributed by atoms with Gasteiger partial charge in [-0.25, -0.2) is 0 Å². The lowest BCUT2D eigenvalue weighted by Crippen LogP contribution is -2.41. The number of nitrogens with zero attached hydrogens (tertiary/aromatic N) is 1. The Hall–Kier alpha value is -2.95. The maximum atomic E-state index is 12.6. The first kappa shape index (κ1) is 15.0. The van der Waals surface area contributed by atoms with Crippen LogP contribution < -0.4 is 0 Å². The normalized spacial score (nSPS) is 13.3. The molecule has 116 valence electrons. The Balaban J connectivity index is 1.88. The summed E-state index contributed by atoms with van der Waals surface area (Å²) in [4.78, 5) is 37.8. The van der Waals surface area contributed by atoms with Crippen LogP contribution >= 0.6 is 0 Å². The van der Waals surface area contributed by atoms with Crippen molar-refractivity contribution in [2.75, 3.05) is 13.2 Å². The van der Waals surface area contributed by atoms with E-state index in [1.807, 2.05) is 12.1 Å². The number of carbonyl (C=O) groups is 3. The largest absolute Gasteiger partial charge is 0.461 e. The maximum absolute atomic E-state index is 12.6. The van der Waals surface area contributed by atoms with E-state index >= 15 is 0 Å². The molecule has 5 heteroatoms. The fourth-order valence-corrected chi connectivity index (χ4v) is 2.71. The van der Waals surface area contributed by atoms with Gasteiger partial charge < -0.3 is 4.74 Å². The molecule has 1 heterocycles. The molecule has 2 aromatic carbocycles. The van der Waals surface area contributed by atoms with Gasteiger partial charge in [0.15, 0.2) is 0 Å². The number of hydrogen-bond acceptors (Lipinski definition) is 4. The molecule has 1 aliphatic heterocycles. The van der Waals surface area contributed by atoms with E-state index in [4.69, 9.17) is 4.74 Å². The highest BCUT2D eigenvalue weighted by Crippen LogP contribution is 2.29. The molecule has 0 saturated heterocycles. The fraction of sp³-hybridized carbons (Fsp3) is 0.167. The van der Waals surface area contributed by atoms with Crippen LogP contribution in [0.2, 0.25) is 0 Å². The van der Waals surface area contributed by atoms with E-state index < -0.39 is 5.97 Å². The van der Waals surface area contributed by atoms with Gasteiger partial charge in [0.05, 0.1) is 6.42 Å². The molecular weight excluding hydrogens is 294 g/mol. The van der Waals surface area contributed by atoms with E-state index in [1.54, 1.807) is 24.3 Å². The Morgan fingerprint density at radius 1 is 1.09 bits per heavy atom. The molecule has 5 nitrogen and oxygen atoms in total. The maximum Gasteiger partial charge on any atom is 0.307 e. The first-order chi connectivity index (χ1) is 11.1. The molecule has 0 saturated carbocycles. The van der Waals surface area contributed by atoms with Crippen LogP contribution in [0.3, 0.4) is 0 Å². The van der Waals surface area contributed by atoms with Crippen molar-refractivity contribution < 1.29 is 19.1 Å². The van der Waals surface area contributed by atoms with E-state index in [2.05, 4.69) is 6.58 Å². The predicted molar refractivity (Wildman–Crippen MR) is 85.1 cm³/mol. The molecule has 0 unspecified atom stereocenters. The highest BCUT2D eigenvalue weighted by molar-refractivity contribution is 6.25. The van der Waals surface area contributed by atoms with Crippen molar-refractivity contribution in [3.8, 4) is 0 Å². The van der Waals surface area contributed by atoms with Crippen molar-refractivity contribution in [1.82, 2.24) is 4.90 Å². The molecular formula is C18H15NO4. The molecule has 0 fully saturated rings. The Labute approximate surface area is 133 Å². The third-order valence-corrected chi connectivity index (χ3v) is 3.76. The highest BCUT2D eigenvalue weighted by atomic mass is 16.5. The Kier molecular flexibility index (Phi) is 3.93. The van der Waals surface area contributed by atoms with Gasteiger partial charge in [0.25, 0.3) is 11.8 Å². The van der Waals surface area contributed by atoms with Crippen molar-refractivity contribution in [3.63, 3.8) is 0 Å². The van der Waals surface area contributed by atoms with Gasteiger partial charge in [-0.2, -0.15) is 0 Å². The molecule has 0 spiro atoms. The van der Waals surface area contributed by atoms with E-state index in [9.17, 15) is 14.4 Å². The zero-order valence-electron chi connectivity index (χ0n) is 12.5. The molecule has 0 aromatic heterocycles. The third kappa shape index (κ3) is 2.61. The number of imide groups is 1. The average molecular weight is 309 g/mol. The lowest BCUT2D eigenvalue weighted by molar-refractivity contribution is -0.142. The molecule has 1 aliphatic rings. The molecule has 0 atom stereocenters. The minimum absolute atomic E-state index is 0.00162. The van der Waals surface area contributed by atoms with Gasteiger partial charge >= 0.3 is 5.97 Å². The van der Waals surface area contributed by atoms with Gasteiger partial charge in [-0.05, 0) is 17.5 Å². The molecule has 23 heavy (non-hydrogen) atoms. The summed E-state index contributed by atoms with van der Waals surface area (Å²) >= 11 is 0. The number of amides is 2. The summed E-state index contributed by atoms with van der Waals surface area (Å²) in [7, 11) is 0. The van der Waals surface area contributed by atoms with Gasteiger partial charge in [-0.3, -0.25) is 19.3 Å². The lowest BCUT2D eigenvalue weighted by atomic mass is 9.94. The monoisotopic (exact) mass is 309 g/mol. The zero-order valence-corrected chi connectivity index (χ0v) is 12.5. The summed E-state index contributed by atoms with van der Waals surface area (Å²) in [6.07, 6.45) is 1.43. The lowest BCUT2D eigenvalue weighted by Gasteiger charge is -2.26. The van der Waals surface area contributed by atoms with Crippen LogP contribution in [-0.2, 0) is 9.53 Å². The van der Waals surface area contributed by atoms with Crippen LogP contribution in [0.25, 0.3) is 10.8 Å². The molecule has 3 rings (SSSR count). The molecule has 2 aromatic rings. The molecule has 0 aliphatic carbocycles. The Morgan fingerprint density at radius 3 is 2.26 bits per heavy atom. The summed E-state index contributed by atoms with van der Waals surface area (Å²) in [6, 6.07) is 10.7. The van der Waals surface area contributed by atoms with Crippen molar-refractivity contribution in [1.29, 1.82) is 0 Å².